The third kappa shape index (κ3) is 2.86. The maximum absolute atomic E-state index is 13.6. The molecular weight excluding hydrogens is 370 g/mol. The molecule has 0 radical (unpaired) electrons. The number of nitro benzene ring substituents is 1. The van der Waals surface area contributed by atoms with Crippen molar-refractivity contribution in [1.29, 1.82) is 0 Å². The van der Waals surface area contributed by atoms with Gasteiger partial charge in [0, 0.05) is 36.3 Å². The second-order valence-corrected chi connectivity index (χ2v) is 8.07. The van der Waals surface area contributed by atoms with E-state index in [-0.39, 0.29) is 17.6 Å². The molecule has 0 bridgehead atoms. The maximum atomic E-state index is 13.6. The van der Waals surface area contributed by atoms with Gasteiger partial charge in [0.1, 0.15) is 0 Å². The number of nitrogens with zero attached hydrogens (tertiary/aromatic N) is 5. The summed E-state index contributed by atoms with van der Waals surface area (Å²) in [5.41, 5.74) is 3.80. The predicted octanol–water partition coefficient (Wildman–Crippen LogP) is 4.00. The molecule has 5 rings (SSSR count). The van der Waals surface area contributed by atoms with Crippen LogP contribution < -0.4 is 4.90 Å². The standard InChI is InChI=1S/C21H21N5O3/c1-12(2)25-20-17(11-22-25)16(10-18(23-20)13-3-4-13)21(27)24-8-7-14-5-6-15(26(28)29)9-19(14)24/h5-6,9-13H,3-4,7-8H2,1-2H3. The summed E-state index contributed by atoms with van der Waals surface area (Å²) in [5, 5.41) is 16.4. The quantitative estimate of drug-likeness (QED) is 0.495. The Labute approximate surface area is 167 Å². The fourth-order valence-corrected chi connectivity index (χ4v) is 4.02. The third-order valence-electron chi connectivity index (χ3n) is 5.72. The summed E-state index contributed by atoms with van der Waals surface area (Å²) in [6.45, 7) is 4.58. The zero-order valence-electron chi connectivity index (χ0n) is 16.3. The molecule has 1 amide bonds. The Bertz CT molecular complexity index is 1160. The number of rotatable bonds is 4. The van der Waals surface area contributed by atoms with E-state index in [1.165, 1.54) is 12.1 Å². The van der Waals surface area contributed by atoms with Crippen LogP contribution in [0.5, 0.6) is 0 Å². The van der Waals surface area contributed by atoms with Gasteiger partial charge in [0.2, 0.25) is 0 Å². The lowest BCUT2D eigenvalue weighted by atomic mass is 10.1. The van der Waals surface area contributed by atoms with Crippen LogP contribution in [0.4, 0.5) is 11.4 Å². The monoisotopic (exact) mass is 391 g/mol. The molecule has 3 aromatic rings. The van der Waals surface area contributed by atoms with Gasteiger partial charge in [-0.1, -0.05) is 6.07 Å². The molecule has 0 atom stereocenters. The van der Waals surface area contributed by atoms with E-state index < -0.39 is 4.92 Å². The molecule has 8 nitrogen and oxygen atoms in total. The summed E-state index contributed by atoms with van der Waals surface area (Å²) in [6.07, 6.45) is 4.56. The van der Waals surface area contributed by atoms with Crippen molar-refractivity contribution in [2.24, 2.45) is 0 Å². The Morgan fingerprint density at radius 3 is 2.76 bits per heavy atom. The van der Waals surface area contributed by atoms with E-state index >= 15 is 0 Å². The molecule has 1 fully saturated rings. The molecule has 0 saturated heterocycles. The van der Waals surface area contributed by atoms with E-state index in [1.54, 1.807) is 17.2 Å². The highest BCUT2D eigenvalue weighted by Gasteiger charge is 2.32. The molecule has 1 aliphatic heterocycles. The Morgan fingerprint density at radius 1 is 1.28 bits per heavy atom. The first-order valence-electron chi connectivity index (χ1n) is 9.91. The van der Waals surface area contributed by atoms with Gasteiger partial charge in [-0.05, 0) is 44.7 Å². The highest BCUT2D eigenvalue weighted by molar-refractivity contribution is 6.14. The maximum Gasteiger partial charge on any atom is 0.271 e. The summed E-state index contributed by atoms with van der Waals surface area (Å²) in [6, 6.07) is 6.76. The topological polar surface area (TPSA) is 94.2 Å². The van der Waals surface area contributed by atoms with Crippen molar-refractivity contribution in [3.05, 3.63) is 57.4 Å². The zero-order chi connectivity index (χ0) is 20.3. The van der Waals surface area contributed by atoms with Crippen molar-refractivity contribution in [3.63, 3.8) is 0 Å². The molecule has 29 heavy (non-hydrogen) atoms. The number of amides is 1. The number of nitro groups is 1. The molecule has 0 spiro atoms. The van der Waals surface area contributed by atoms with Crippen LogP contribution in [-0.2, 0) is 6.42 Å². The number of non-ortho nitro benzene ring substituents is 1. The Kier molecular flexibility index (Phi) is 3.90. The molecule has 2 aliphatic rings. The summed E-state index contributed by atoms with van der Waals surface area (Å²) < 4.78 is 1.85. The van der Waals surface area contributed by atoms with Gasteiger partial charge in [-0.3, -0.25) is 14.9 Å². The van der Waals surface area contributed by atoms with E-state index in [2.05, 4.69) is 5.10 Å². The third-order valence-corrected chi connectivity index (χ3v) is 5.72. The number of carbonyl (C=O) groups excluding carboxylic acids is 1. The van der Waals surface area contributed by atoms with Gasteiger partial charge in [0.25, 0.3) is 11.6 Å². The second-order valence-electron chi connectivity index (χ2n) is 8.07. The molecular formula is C21H21N5O3. The fourth-order valence-electron chi connectivity index (χ4n) is 4.02. The van der Waals surface area contributed by atoms with Gasteiger partial charge in [-0.2, -0.15) is 5.10 Å². The van der Waals surface area contributed by atoms with Crippen LogP contribution in [0.3, 0.4) is 0 Å². The van der Waals surface area contributed by atoms with E-state index in [0.717, 1.165) is 35.1 Å². The van der Waals surface area contributed by atoms with Crippen LogP contribution in [0.15, 0.2) is 30.5 Å². The van der Waals surface area contributed by atoms with Crippen LogP contribution in [0.25, 0.3) is 11.0 Å². The fraction of sp³-hybridized carbons (Fsp3) is 0.381. The zero-order valence-corrected chi connectivity index (χ0v) is 16.3. The van der Waals surface area contributed by atoms with Crippen molar-refractivity contribution in [3.8, 4) is 0 Å². The van der Waals surface area contributed by atoms with Crippen molar-refractivity contribution in [2.75, 3.05) is 11.4 Å². The molecule has 2 aromatic heterocycles. The SMILES string of the molecule is CC(C)n1ncc2c(C(=O)N3CCc4ccc([N+](=O)[O-])cc43)cc(C3CC3)nc21. The normalized spacial score (nSPS) is 15.9. The number of aromatic nitrogens is 3. The van der Waals surface area contributed by atoms with Crippen LogP contribution >= 0.6 is 0 Å². The lowest BCUT2D eigenvalue weighted by Crippen LogP contribution is -2.29. The van der Waals surface area contributed by atoms with Gasteiger partial charge in [0.05, 0.1) is 27.8 Å². The van der Waals surface area contributed by atoms with Gasteiger partial charge in [0.15, 0.2) is 5.65 Å². The van der Waals surface area contributed by atoms with Crippen molar-refractivity contribution < 1.29 is 9.72 Å². The molecule has 1 aliphatic carbocycles. The minimum Gasteiger partial charge on any atom is -0.307 e. The lowest BCUT2D eigenvalue weighted by molar-refractivity contribution is -0.384. The summed E-state index contributed by atoms with van der Waals surface area (Å²) in [7, 11) is 0. The number of anilines is 1. The van der Waals surface area contributed by atoms with Gasteiger partial charge in [-0.15, -0.1) is 0 Å². The summed E-state index contributed by atoms with van der Waals surface area (Å²) >= 11 is 0. The number of carbonyl (C=O) groups is 1. The predicted molar refractivity (Wildman–Crippen MR) is 108 cm³/mol. The smallest absolute Gasteiger partial charge is 0.271 e. The van der Waals surface area contributed by atoms with Crippen LogP contribution in [0, 0.1) is 10.1 Å². The van der Waals surface area contributed by atoms with Crippen LogP contribution in [-0.4, -0.2) is 32.1 Å². The number of hydrogen-bond acceptors (Lipinski definition) is 5. The van der Waals surface area contributed by atoms with E-state index in [1.807, 2.05) is 24.6 Å². The number of pyridine rings is 1. The molecule has 0 unspecified atom stereocenters. The minimum atomic E-state index is -0.427. The van der Waals surface area contributed by atoms with Gasteiger partial charge < -0.3 is 4.90 Å². The van der Waals surface area contributed by atoms with Gasteiger partial charge in [-0.25, -0.2) is 9.67 Å². The first kappa shape index (κ1) is 17.8. The number of fused-ring (bicyclic) bond motifs is 2. The average Bonchev–Trinajstić information content (AvgIpc) is 3.32. The first-order chi connectivity index (χ1) is 13.9. The highest BCUT2D eigenvalue weighted by atomic mass is 16.6. The molecule has 3 heterocycles. The molecule has 148 valence electrons. The first-order valence-corrected chi connectivity index (χ1v) is 9.91. The summed E-state index contributed by atoms with van der Waals surface area (Å²) in [4.78, 5) is 30.8. The molecule has 1 aromatic carbocycles. The molecule has 0 N–H and O–H groups in total. The summed E-state index contributed by atoms with van der Waals surface area (Å²) in [5.74, 6) is 0.246. The van der Waals surface area contributed by atoms with Crippen LogP contribution in [0.1, 0.15) is 60.3 Å². The Hall–Kier alpha value is -3.29. The van der Waals surface area contributed by atoms with Crippen molar-refractivity contribution >= 4 is 28.3 Å². The minimum absolute atomic E-state index is 0.00498. The largest absolute Gasteiger partial charge is 0.307 e. The van der Waals surface area contributed by atoms with Gasteiger partial charge >= 0.3 is 0 Å². The van der Waals surface area contributed by atoms with Crippen molar-refractivity contribution in [1.82, 2.24) is 14.8 Å². The van der Waals surface area contributed by atoms with E-state index in [9.17, 15) is 14.9 Å². The molecule has 1 saturated carbocycles. The average molecular weight is 391 g/mol. The number of hydrogen-bond donors (Lipinski definition) is 0. The van der Waals surface area contributed by atoms with Crippen LogP contribution in [0.2, 0.25) is 0 Å². The highest BCUT2D eigenvalue weighted by Crippen LogP contribution is 2.41. The van der Waals surface area contributed by atoms with Crippen molar-refractivity contribution in [2.45, 2.75) is 45.1 Å². The second kappa shape index (κ2) is 6.37. The molecule has 8 heteroatoms. The number of benzene rings is 1. The van der Waals surface area contributed by atoms with E-state index in [4.69, 9.17) is 4.98 Å². The lowest BCUT2D eigenvalue weighted by Gasteiger charge is -2.18. The van der Waals surface area contributed by atoms with E-state index in [0.29, 0.717) is 30.1 Å². The Balaban J connectivity index is 1.63. The Morgan fingerprint density at radius 2 is 2.07 bits per heavy atom.